The maximum atomic E-state index is 10.0. The summed E-state index contributed by atoms with van der Waals surface area (Å²) in [6.45, 7) is 13.4. The molecule has 1 N–H and O–H groups in total. The Morgan fingerprint density at radius 2 is 1.60 bits per heavy atom. The Kier molecular flexibility index (Phi) is 3.01. The van der Waals surface area contributed by atoms with Gasteiger partial charge in [0.25, 0.3) is 0 Å². The molecule has 1 aromatic rings. The van der Waals surface area contributed by atoms with Crippen molar-refractivity contribution in [2.24, 2.45) is 0 Å². The molecule has 0 spiro atoms. The fourth-order valence-corrected chi connectivity index (χ4v) is 3.80. The van der Waals surface area contributed by atoms with E-state index in [2.05, 4.69) is 46.5 Å². The van der Waals surface area contributed by atoms with Gasteiger partial charge >= 0.3 is 0 Å². The zero-order valence-corrected chi connectivity index (χ0v) is 11.7. The van der Waals surface area contributed by atoms with E-state index in [1.54, 1.807) is 6.07 Å². The van der Waals surface area contributed by atoms with Crippen molar-refractivity contribution in [1.29, 1.82) is 0 Å². The van der Waals surface area contributed by atoms with E-state index in [9.17, 15) is 5.11 Å². The summed E-state index contributed by atoms with van der Waals surface area (Å²) in [5, 5.41) is 11.4. The van der Waals surface area contributed by atoms with Crippen LogP contribution in [0.25, 0.3) is 0 Å². The molecule has 84 valence electrons. The molecule has 2 heteroatoms. The first-order valence-corrected chi connectivity index (χ1v) is 8.97. The van der Waals surface area contributed by atoms with Crippen LogP contribution in [0.4, 0.5) is 0 Å². The average Bonchev–Trinajstić information content (AvgIpc) is 1.99. The number of phenols is 1. The van der Waals surface area contributed by atoms with Gasteiger partial charge in [0.05, 0.1) is 8.07 Å². The van der Waals surface area contributed by atoms with Gasteiger partial charge in [0.2, 0.25) is 0 Å². The highest BCUT2D eigenvalue weighted by molar-refractivity contribution is 6.89. The molecule has 0 saturated carbocycles. The van der Waals surface area contributed by atoms with Crippen molar-refractivity contribution in [2.75, 3.05) is 0 Å². The fraction of sp³-hybridized carbons (Fsp3) is 0.538. The highest BCUT2D eigenvalue weighted by Gasteiger charge is 2.28. The summed E-state index contributed by atoms with van der Waals surface area (Å²) < 4.78 is 0. The Bertz CT molecular complexity index is 356. The highest BCUT2D eigenvalue weighted by atomic mass is 28.3. The van der Waals surface area contributed by atoms with E-state index in [1.165, 1.54) is 5.19 Å². The molecule has 1 nitrogen and oxygen atoms in total. The lowest BCUT2D eigenvalue weighted by Crippen LogP contribution is -2.42. The average molecular weight is 222 g/mol. The topological polar surface area (TPSA) is 20.2 Å². The lowest BCUT2D eigenvalue weighted by Gasteiger charge is -2.29. The molecule has 0 fully saturated rings. The zero-order valence-electron chi connectivity index (χ0n) is 10.7. The minimum Gasteiger partial charge on any atom is -0.508 e. The van der Waals surface area contributed by atoms with Crippen LogP contribution in [-0.2, 0) is 5.41 Å². The first-order chi connectivity index (χ1) is 6.64. The lowest BCUT2D eigenvalue weighted by atomic mass is 9.86. The molecule has 1 aromatic carbocycles. The summed E-state index contributed by atoms with van der Waals surface area (Å²) in [7, 11) is -1.38. The van der Waals surface area contributed by atoms with Crippen molar-refractivity contribution >= 4 is 13.3 Å². The number of rotatable bonds is 1. The summed E-state index contributed by atoms with van der Waals surface area (Å²) in [6, 6.07) is 5.93. The Balaban J connectivity index is 3.48. The third kappa shape index (κ3) is 2.62. The van der Waals surface area contributed by atoms with Crippen LogP contribution in [0.2, 0.25) is 19.6 Å². The first kappa shape index (κ1) is 12.3. The maximum absolute atomic E-state index is 10.0. The van der Waals surface area contributed by atoms with Gasteiger partial charge < -0.3 is 5.11 Å². The molecule has 1 rings (SSSR count). The molecule has 0 aromatic heterocycles. The van der Waals surface area contributed by atoms with Crippen molar-refractivity contribution in [2.45, 2.75) is 45.8 Å². The van der Waals surface area contributed by atoms with Crippen LogP contribution in [0.1, 0.15) is 26.3 Å². The predicted molar refractivity (Wildman–Crippen MR) is 69.8 cm³/mol. The second-order valence-corrected chi connectivity index (χ2v) is 11.2. The van der Waals surface area contributed by atoms with Crippen LogP contribution < -0.4 is 5.19 Å². The summed E-state index contributed by atoms with van der Waals surface area (Å²) in [5.74, 6) is 0.447. The predicted octanol–water partition coefficient (Wildman–Crippen LogP) is 3.23. The quantitative estimate of drug-likeness (QED) is 0.723. The molecule has 0 saturated heterocycles. The molecule has 0 aliphatic carbocycles. The van der Waals surface area contributed by atoms with E-state index in [-0.39, 0.29) is 5.41 Å². The van der Waals surface area contributed by atoms with Crippen LogP contribution in [0.3, 0.4) is 0 Å². The van der Waals surface area contributed by atoms with Crippen molar-refractivity contribution in [1.82, 2.24) is 0 Å². The molecule has 0 radical (unpaired) electrons. The van der Waals surface area contributed by atoms with Gasteiger partial charge in [-0.05, 0) is 17.0 Å². The van der Waals surface area contributed by atoms with E-state index in [0.29, 0.717) is 5.75 Å². The van der Waals surface area contributed by atoms with Crippen LogP contribution in [-0.4, -0.2) is 13.2 Å². The Morgan fingerprint density at radius 1 is 1.07 bits per heavy atom. The van der Waals surface area contributed by atoms with Gasteiger partial charge in [-0.25, -0.2) is 0 Å². The summed E-state index contributed by atoms with van der Waals surface area (Å²) in [4.78, 5) is 0. The molecule has 0 aliphatic heterocycles. The van der Waals surface area contributed by atoms with Gasteiger partial charge in [-0.15, -0.1) is 0 Å². The first-order valence-electron chi connectivity index (χ1n) is 5.47. The van der Waals surface area contributed by atoms with Gasteiger partial charge in [-0.3, -0.25) is 0 Å². The smallest absolute Gasteiger partial charge is 0.119 e. The highest BCUT2D eigenvalue weighted by Crippen LogP contribution is 2.30. The number of benzene rings is 1. The van der Waals surface area contributed by atoms with E-state index >= 15 is 0 Å². The molecule has 15 heavy (non-hydrogen) atoms. The molecular formula is C13H22OSi. The standard InChI is InChI=1S/C13H22OSi/c1-13(2,3)12-10(14)8-7-9-11(12)15(4,5)6/h7-9,14H,1-6H3. The third-order valence-corrected chi connectivity index (χ3v) is 4.63. The van der Waals surface area contributed by atoms with E-state index in [1.807, 2.05) is 6.07 Å². The number of phenolic OH excluding ortho intramolecular Hbond substituents is 1. The van der Waals surface area contributed by atoms with E-state index in [4.69, 9.17) is 0 Å². The number of hydrogen-bond acceptors (Lipinski definition) is 1. The summed E-state index contributed by atoms with van der Waals surface area (Å²) in [6.07, 6.45) is 0. The molecule has 0 heterocycles. The van der Waals surface area contributed by atoms with Crippen LogP contribution in [0.15, 0.2) is 18.2 Å². The minimum absolute atomic E-state index is 0.0148. The Labute approximate surface area is 94.2 Å². The van der Waals surface area contributed by atoms with Crippen LogP contribution >= 0.6 is 0 Å². The summed E-state index contributed by atoms with van der Waals surface area (Å²) in [5.41, 5.74) is 1.14. The molecule has 0 aliphatic rings. The monoisotopic (exact) mass is 222 g/mol. The fourth-order valence-electron chi connectivity index (χ4n) is 1.95. The van der Waals surface area contributed by atoms with Gasteiger partial charge in [-0.2, -0.15) is 0 Å². The Morgan fingerprint density at radius 3 is 1.93 bits per heavy atom. The zero-order chi connectivity index (χ0) is 11.9. The molecule has 0 amide bonds. The van der Waals surface area contributed by atoms with Crippen molar-refractivity contribution in [3.05, 3.63) is 23.8 Å². The van der Waals surface area contributed by atoms with Gasteiger partial charge in [0.1, 0.15) is 5.75 Å². The van der Waals surface area contributed by atoms with E-state index < -0.39 is 8.07 Å². The molecule has 0 unspecified atom stereocenters. The van der Waals surface area contributed by atoms with Crippen molar-refractivity contribution in [3.8, 4) is 5.75 Å². The third-order valence-electron chi connectivity index (χ3n) is 2.60. The normalized spacial score (nSPS) is 12.9. The largest absolute Gasteiger partial charge is 0.508 e. The molecule has 0 atom stereocenters. The SMILES string of the molecule is CC(C)(C)c1c(O)cccc1[Si](C)(C)C. The van der Waals surface area contributed by atoms with Crippen molar-refractivity contribution < 1.29 is 5.11 Å². The molecule has 0 bridgehead atoms. The summed E-state index contributed by atoms with van der Waals surface area (Å²) >= 11 is 0. The van der Waals surface area contributed by atoms with Crippen LogP contribution in [0, 0.1) is 0 Å². The number of hydrogen-bond donors (Lipinski definition) is 1. The van der Waals surface area contributed by atoms with Gasteiger partial charge in [0, 0.05) is 0 Å². The minimum atomic E-state index is -1.38. The van der Waals surface area contributed by atoms with Crippen molar-refractivity contribution in [3.63, 3.8) is 0 Å². The maximum Gasteiger partial charge on any atom is 0.119 e. The van der Waals surface area contributed by atoms with Crippen LogP contribution in [0.5, 0.6) is 5.75 Å². The van der Waals surface area contributed by atoms with Gasteiger partial charge in [-0.1, -0.05) is 57.7 Å². The Hall–Kier alpha value is -0.763. The lowest BCUT2D eigenvalue weighted by molar-refractivity contribution is 0.448. The van der Waals surface area contributed by atoms with Gasteiger partial charge in [0.15, 0.2) is 0 Å². The molecular weight excluding hydrogens is 200 g/mol. The second kappa shape index (κ2) is 3.67. The second-order valence-electron chi connectivity index (χ2n) is 6.20. The van der Waals surface area contributed by atoms with E-state index in [0.717, 1.165) is 5.56 Å². The number of aromatic hydroxyl groups is 1.